The van der Waals surface area contributed by atoms with Crippen LogP contribution in [0.25, 0.3) is 0 Å². The summed E-state index contributed by atoms with van der Waals surface area (Å²) in [7, 11) is 0. The third-order valence-electron chi connectivity index (χ3n) is 3.19. The van der Waals surface area contributed by atoms with Gasteiger partial charge >= 0.3 is 11.0 Å². The number of ether oxygens (including phenoxy) is 1. The number of nitrogens with zero attached hydrogens (tertiary/aromatic N) is 4. The van der Waals surface area contributed by atoms with E-state index in [-0.39, 0.29) is 11.6 Å². The molecule has 0 fully saturated rings. The van der Waals surface area contributed by atoms with Crippen molar-refractivity contribution in [3.8, 4) is 0 Å². The highest BCUT2D eigenvalue weighted by molar-refractivity contribution is 7.13. The second-order valence-electron chi connectivity index (χ2n) is 4.92. The number of hydrogen-bond donors (Lipinski definition) is 0. The van der Waals surface area contributed by atoms with E-state index in [2.05, 4.69) is 10.1 Å². The molecule has 8 nitrogen and oxygen atoms in total. The molecule has 9 heteroatoms. The number of benzene rings is 1. The summed E-state index contributed by atoms with van der Waals surface area (Å²) in [5.41, 5.74) is 2.00. The summed E-state index contributed by atoms with van der Waals surface area (Å²) < 4.78 is 6.85. The van der Waals surface area contributed by atoms with Crippen molar-refractivity contribution in [1.29, 1.82) is 0 Å². The molecule has 0 saturated carbocycles. The van der Waals surface area contributed by atoms with Crippen molar-refractivity contribution in [2.75, 3.05) is 0 Å². The van der Waals surface area contributed by atoms with Crippen molar-refractivity contribution in [3.63, 3.8) is 0 Å². The average molecular weight is 344 g/mol. The third-order valence-corrected chi connectivity index (χ3v) is 4.12. The van der Waals surface area contributed by atoms with Gasteiger partial charge in [0.2, 0.25) is 0 Å². The van der Waals surface area contributed by atoms with Gasteiger partial charge in [-0.3, -0.25) is 10.1 Å². The molecule has 122 valence electrons. The normalized spacial score (nSPS) is 10.5. The van der Waals surface area contributed by atoms with E-state index in [0.29, 0.717) is 17.7 Å². The molecule has 0 atom stereocenters. The van der Waals surface area contributed by atoms with E-state index >= 15 is 0 Å². The first kappa shape index (κ1) is 15.8. The Bertz CT molecular complexity index is 843. The predicted molar refractivity (Wildman–Crippen MR) is 85.7 cm³/mol. The van der Waals surface area contributed by atoms with Gasteiger partial charge in [0.05, 0.1) is 17.0 Å². The molecule has 0 N–H and O–H groups in total. The zero-order chi connectivity index (χ0) is 16.9. The van der Waals surface area contributed by atoms with Crippen LogP contribution in [0.2, 0.25) is 0 Å². The van der Waals surface area contributed by atoms with Gasteiger partial charge in [0, 0.05) is 17.0 Å². The first-order valence-corrected chi connectivity index (χ1v) is 7.80. The van der Waals surface area contributed by atoms with Crippen molar-refractivity contribution < 1.29 is 14.5 Å². The Morgan fingerprint density at radius 1 is 1.29 bits per heavy atom. The number of nitro groups is 1. The standard InChI is InChI=1S/C15H12N4O4S/c20-15(23-7-12-5-14(19(21)22)24-8-12)13-3-1-11(2-4-13)6-18-10-16-9-17-18/h1-5,8-10H,6-7H2. The molecule has 2 aromatic heterocycles. The molecule has 0 unspecified atom stereocenters. The fraction of sp³-hybridized carbons (Fsp3) is 0.133. The van der Waals surface area contributed by atoms with Gasteiger partial charge in [-0.15, -0.1) is 0 Å². The average Bonchev–Trinajstić information content (AvgIpc) is 3.25. The van der Waals surface area contributed by atoms with Crippen LogP contribution in [0.4, 0.5) is 5.00 Å². The van der Waals surface area contributed by atoms with Crippen LogP contribution in [-0.2, 0) is 17.9 Å². The Kier molecular flexibility index (Phi) is 4.62. The molecule has 0 aliphatic heterocycles. The molecule has 0 amide bonds. The summed E-state index contributed by atoms with van der Waals surface area (Å²) in [5, 5.41) is 16.3. The summed E-state index contributed by atoms with van der Waals surface area (Å²) in [4.78, 5) is 26.0. The number of carbonyl (C=O) groups excluding carboxylic acids is 1. The molecule has 24 heavy (non-hydrogen) atoms. The van der Waals surface area contributed by atoms with Gasteiger partial charge in [-0.2, -0.15) is 5.10 Å². The van der Waals surface area contributed by atoms with Crippen molar-refractivity contribution >= 4 is 22.3 Å². The van der Waals surface area contributed by atoms with Gasteiger partial charge in [-0.1, -0.05) is 23.5 Å². The van der Waals surface area contributed by atoms with Crippen LogP contribution in [0.15, 0.2) is 48.4 Å². The minimum absolute atomic E-state index is 0.00385. The molecule has 3 rings (SSSR count). The van der Waals surface area contributed by atoms with Gasteiger partial charge in [0.1, 0.15) is 19.3 Å². The summed E-state index contributed by atoms with van der Waals surface area (Å²) in [6.07, 6.45) is 3.07. The van der Waals surface area contributed by atoms with E-state index < -0.39 is 10.9 Å². The smallest absolute Gasteiger partial charge is 0.338 e. The van der Waals surface area contributed by atoms with Crippen LogP contribution in [-0.4, -0.2) is 25.7 Å². The van der Waals surface area contributed by atoms with Gasteiger partial charge in [-0.25, -0.2) is 14.5 Å². The Hall–Kier alpha value is -3.07. The summed E-state index contributed by atoms with van der Waals surface area (Å²) in [6, 6.07) is 8.37. The highest BCUT2D eigenvalue weighted by Crippen LogP contribution is 2.23. The first-order chi connectivity index (χ1) is 11.6. The minimum atomic E-state index is -0.476. The third kappa shape index (κ3) is 3.82. The molecule has 1 aromatic carbocycles. The molecule has 3 aromatic rings. The second-order valence-corrected chi connectivity index (χ2v) is 5.81. The van der Waals surface area contributed by atoms with E-state index in [1.165, 1.54) is 12.4 Å². The molecule has 0 aliphatic rings. The fourth-order valence-corrected chi connectivity index (χ4v) is 2.73. The van der Waals surface area contributed by atoms with Crippen LogP contribution >= 0.6 is 11.3 Å². The molecule has 0 spiro atoms. The maximum Gasteiger partial charge on any atom is 0.338 e. The second kappa shape index (κ2) is 7.01. The van der Waals surface area contributed by atoms with Crippen molar-refractivity contribution in [1.82, 2.24) is 14.8 Å². The zero-order valence-electron chi connectivity index (χ0n) is 12.4. The lowest BCUT2D eigenvalue weighted by Gasteiger charge is -2.05. The minimum Gasteiger partial charge on any atom is -0.457 e. The predicted octanol–water partition coefficient (Wildman–Crippen LogP) is 2.65. The van der Waals surface area contributed by atoms with E-state index in [9.17, 15) is 14.9 Å². The molecule has 0 saturated heterocycles. The number of carbonyl (C=O) groups is 1. The first-order valence-electron chi connectivity index (χ1n) is 6.92. The topological polar surface area (TPSA) is 100 Å². The molecule has 2 heterocycles. The van der Waals surface area contributed by atoms with Crippen LogP contribution in [0.1, 0.15) is 21.5 Å². The summed E-state index contributed by atoms with van der Waals surface area (Å²) >= 11 is 1.00. The highest BCUT2D eigenvalue weighted by Gasteiger charge is 2.12. The fourth-order valence-electron chi connectivity index (χ4n) is 2.01. The van der Waals surface area contributed by atoms with Gasteiger partial charge in [-0.05, 0) is 17.7 Å². The Morgan fingerprint density at radius 3 is 2.71 bits per heavy atom. The molecule has 0 bridgehead atoms. The number of thiophene rings is 1. The summed E-state index contributed by atoms with van der Waals surface area (Å²) in [6.45, 7) is 0.567. The maximum atomic E-state index is 12.0. The molecule has 0 radical (unpaired) electrons. The van der Waals surface area contributed by atoms with E-state index in [0.717, 1.165) is 16.9 Å². The van der Waals surface area contributed by atoms with Crippen molar-refractivity contribution in [3.05, 3.63) is 75.2 Å². The molecule has 0 aliphatic carbocycles. The number of aromatic nitrogens is 3. The SMILES string of the molecule is O=C(OCc1csc([N+](=O)[O-])c1)c1ccc(Cn2cncn2)cc1. The van der Waals surface area contributed by atoms with E-state index in [4.69, 9.17) is 4.74 Å². The monoisotopic (exact) mass is 344 g/mol. The lowest BCUT2D eigenvalue weighted by atomic mass is 10.1. The van der Waals surface area contributed by atoms with E-state index in [1.807, 2.05) is 12.1 Å². The lowest BCUT2D eigenvalue weighted by molar-refractivity contribution is -0.380. The van der Waals surface area contributed by atoms with Gasteiger partial charge in [0.15, 0.2) is 0 Å². The quantitative estimate of drug-likeness (QED) is 0.387. The summed E-state index contributed by atoms with van der Waals surface area (Å²) in [5.74, 6) is -0.476. The highest BCUT2D eigenvalue weighted by atomic mass is 32.1. The molecular weight excluding hydrogens is 332 g/mol. The number of hydrogen-bond acceptors (Lipinski definition) is 7. The van der Waals surface area contributed by atoms with Crippen molar-refractivity contribution in [2.45, 2.75) is 13.2 Å². The van der Waals surface area contributed by atoms with Crippen LogP contribution in [0.3, 0.4) is 0 Å². The Labute approximate surface area is 140 Å². The van der Waals surface area contributed by atoms with E-state index in [1.54, 1.807) is 28.5 Å². The Balaban J connectivity index is 1.57. The molecular formula is C15H12N4O4S. The Morgan fingerprint density at radius 2 is 2.08 bits per heavy atom. The van der Waals surface area contributed by atoms with Crippen LogP contribution < -0.4 is 0 Å². The van der Waals surface area contributed by atoms with Gasteiger partial charge in [0.25, 0.3) is 0 Å². The van der Waals surface area contributed by atoms with Crippen LogP contribution in [0.5, 0.6) is 0 Å². The van der Waals surface area contributed by atoms with Crippen molar-refractivity contribution in [2.24, 2.45) is 0 Å². The lowest BCUT2D eigenvalue weighted by Crippen LogP contribution is -2.05. The van der Waals surface area contributed by atoms with Crippen LogP contribution in [0, 0.1) is 10.1 Å². The zero-order valence-corrected chi connectivity index (χ0v) is 13.2. The number of rotatable bonds is 6. The number of esters is 1. The van der Waals surface area contributed by atoms with Gasteiger partial charge < -0.3 is 4.74 Å². The largest absolute Gasteiger partial charge is 0.457 e. The maximum absolute atomic E-state index is 12.0.